The number of nitrogens with two attached hydrogens (primary N) is 1. The first kappa shape index (κ1) is 12.8. The fraction of sp³-hybridized carbons (Fsp3) is 0.583. The Balaban J connectivity index is 1.81. The Bertz CT molecular complexity index is 415. The van der Waals surface area contributed by atoms with E-state index in [4.69, 9.17) is 5.73 Å². The van der Waals surface area contributed by atoms with Crippen molar-refractivity contribution in [3.8, 4) is 0 Å². The van der Waals surface area contributed by atoms with Gasteiger partial charge in [-0.15, -0.1) is 0 Å². The summed E-state index contributed by atoms with van der Waals surface area (Å²) in [5.41, 5.74) is 6.14. The lowest BCUT2D eigenvalue weighted by molar-refractivity contribution is -0.119. The maximum absolute atomic E-state index is 10.8. The molecular formula is C12H19N5O. The van der Waals surface area contributed by atoms with Gasteiger partial charge in [0.05, 0.1) is 6.54 Å². The summed E-state index contributed by atoms with van der Waals surface area (Å²) >= 11 is 0. The van der Waals surface area contributed by atoms with Crippen molar-refractivity contribution in [2.75, 3.05) is 25.0 Å². The third-order valence-electron chi connectivity index (χ3n) is 3.12. The molecular weight excluding hydrogens is 230 g/mol. The van der Waals surface area contributed by atoms with Crippen LogP contribution in [0.4, 0.5) is 5.82 Å². The van der Waals surface area contributed by atoms with E-state index in [2.05, 4.69) is 20.2 Å². The highest BCUT2D eigenvalue weighted by Crippen LogP contribution is 2.14. The number of piperidine rings is 1. The Morgan fingerprint density at radius 1 is 1.50 bits per heavy atom. The van der Waals surface area contributed by atoms with Crippen molar-refractivity contribution in [1.29, 1.82) is 0 Å². The highest BCUT2D eigenvalue weighted by molar-refractivity contribution is 5.75. The van der Waals surface area contributed by atoms with Gasteiger partial charge < -0.3 is 11.1 Å². The number of primary amides is 1. The summed E-state index contributed by atoms with van der Waals surface area (Å²) in [5, 5.41) is 3.40. The molecule has 0 bridgehead atoms. The number of hydrogen-bond donors (Lipinski definition) is 2. The van der Waals surface area contributed by atoms with E-state index in [-0.39, 0.29) is 5.91 Å². The second-order valence-electron chi connectivity index (χ2n) is 4.71. The van der Waals surface area contributed by atoms with E-state index in [0.29, 0.717) is 12.6 Å². The summed E-state index contributed by atoms with van der Waals surface area (Å²) < 4.78 is 0. The van der Waals surface area contributed by atoms with Crippen LogP contribution in [0.25, 0.3) is 0 Å². The molecule has 18 heavy (non-hydrogen) atoms. The SMILES string of the molecule is Cc1cc(NC2CCN(CC(N)=O)CC2)ncn1. The molecule has 6 nitrogen and oxygen atoms in total. The Hall–Kier alpha value is -1.69. The Labute approximate surface area is 107 Å². The number of anilines is 1. The third kappa shape index (κ3) is 3.66. The quantitative estimate of drug-likeness (QED) is 0.793. The zero-order valence-corrected chi connectivity index (χ0v) is 10.6. The topological polar surface area (TPSA) is 84.1 Å². The largest absolute Gasteiger partial charge is 0.369 e. The average molecular weight is 249 g/mol. The molecule has 0 unspecified atom stereocenters. The molecule has 3 N–H and O–H groups in total. The number of carbonyl (C=O) groups excluding carboxylic acids is 1. The van der Waals surface area contributed by atoms with E-state index >= 15 is 0 Å². The Kier molecular flexibility index (Phi) is 4.09. The molecule has 6 heteroatoms. The highest BCUT2D eigenvalue weighted by atomic mass is 16.1. The minimum absolute atomic E-state index is 0.257. The second-order valence-corrected chi connectivity index (χ2v) is 4.71. The smallest absolute Gasteiger partial charge is 0.231 e. The fourth-order valence-electron chi connectivity index (χ4n) is 2.20. The van der Waals surface area contributed by atoms with Gasteiger partial charge in [-0.25, -0.2) is 9.97 Å². The lowest BCUT2D eigenvalue weighted by Crippen LogP contribution is -2.43. The number of aromatic nitrogens is 2. The Morgan fingerprint density at radius 3 is 2.83 bits per heavy atom. The van der Waals surface area contributed by atoms with E-state index in [9.17, 15) is 4.79 Å². The molecule has 1 aliphatic rings. The van der Waals surface area contributed by atoms with Crippen LogP contribution in [0.5, 0.6) is 0 Å². The molecule has 1 aliphatic heterocycles. The van der Waals surface area contributed by atoms with Gasteiger partial charge in [-0.3, -0.25) is 9.69 Å². The van der Waals surface area contributed by atoms with Gasteiger partial charge in [-0.2, -0.15) is 0 Å². The van der Waals surface area contributed by atoms with Gasteiger partial charge in [-0.05, 0) is 19.8 Å². The predicted molar refractivity (Wildman–Crippen MR) is 69.0 cm³/mol. The van der Waals surface area contributed by atoms with Crippen LogP contribution in [0.3, 0.4) is 0 Å². The summed E-state index contributed by atoms with van der Waals surface area (Å²) in [6, 6.07) is 2.35. The minimum atomic E-state index is -0.257. The van der Waals surface area contributed by atoms with E-state index in [1.807, 2.05) is 13.0 Å². The van der Waals surface area contributed by atoms with Gasteiger partial charge in [0.1, 0.15) is 12.1 Å². The number of amides is 1. The summed E-state index contributed by atoms with van der Waals surface area (Å²) in [6.45, 7) is 4.09. The van der Waals surface area contributed by atoms with Crippen LogP contribution in [0.1, 0.15) is 18.5 Å². The predicted octanol–water partition coefficient (Wildman–Crippen LogP) is 0.147. The number of nitrogens with one attached hydrogen (secondary N) is 1. The molecule has 1 aromatic heterocycles. The van der Waals surface area contributed by atoms with Gasteiger partial charge >= 0.3 is 0 Å². The molecule has 0 aromatic carbocycles. The first-order valence-corrected chi connectivity index (χ1v) is 6.19. The Morgan fingerprint density at radius 2 is 2.22 bits per heavy atom. The van der Waals surface area contributed by atoms with Gasteiger partial charge in [-0.1, -0.05) is 0 Å². The van der Waals surface area contributed by atoms with Crippen molar-refractivity contribution in [1.82, 2.24) is 14.9 Å². The monoisotopic (exact) mass is 249 g/mol. The standard InChI is InChI=1S/C12H19N5O/c1-9-6-12(15-8-14-9)16-10-2-4-17(5-3-10)7-11(13)18/h6,8,10H,2-5,7H2,1H3,(H2,13,18)(H,14,15,16). The molecule has 1 fully saturated rings. The maximum Gasteiger partial charge on any atom is 0.231 e. The maximum atomic E-state index is 10.8. The van der Waals surface area contributed by atoms with Crippen LogP contribution in [0.2, 0.25) is 0 Å². The lowest BCUT2D eigenvalue weighted by Gasteiger charge is -2.31. The number of carbonyl (C=O) groups is 1. The van der Waals surface area contributed by atoms with E-state index in [1.54, 1.807) is 6.33 Å². The zero-order chi connectivity index (χ0) is 13.0. The number of likely N-dealkylation sites (tertiary alicyclic amines) is 1. The molecule has 0 saturated carbocycles. The van der Waals surface area contributed by atoms with Crippen molar-refractivity contribution in [2.45, 2.75) is 25.8 Å². The summed E-state index contributed by atoms with van der Waals surface area (Å²) in [7, 11) is 0. The van der Waals surface area contributed by atoms with E-state index in [1.165, 1.54) is 0 Å². The van der Waals surface area contributed by atoms with Crippen LogP contribution >= 0.6 is 0 Å². The number of hydrogen-bond acceptors (Lipinski definition) is 5. The van der Waals surface area contributed by atoms with Crippen molar-refractivity contribution in [3.05, 3.63) is 18.1 Å². The average Bonchev–Trinajstić information content (AvgIpc) is 2.31. The van der Waals surface area contributed by atoms with Crippen molar-refractivity contribution in [3.63, 3.8) is 0 Å². The molecule has 0 aliphatic carbocycles. The second kappa shape index (κ2) is 5.77. The van der Waals surface area contributed by atoms with Crippen molar-refractivity contribution >= 4 is 11.7 Å². The van der Waals surface area contributed by atoms with Crippen LogP contribution in [-0.2, 0) is 4.79 Å². The molecule has 2 rings (SSSR count). The molecule has 1 amide bonds. The van der Waals surface area contributed by atoms with Crippen LogP contribution < -0.4 is 11.1 Å². The first-order valence-electron chi connectivity index (χ1n) is 6.19. The summed E-state index contributed by atoms with van der Waals surface area (Å²) in [5.74, 6) is 0.615. The van der Waals surface area contributed by atoms with Gasteiger partial charge in [0.2, 0.25) is 5.91 Å². The summed E-state index contributed by atoms with van der Waals surface area (Å²) in [6.07, 6.45) is 3.56. The lowest BCUT2D eigenvalue weighted by atomic mass is 10.1. The highest BCUT2D eigenvalue weighted by Gasteiger charge is 2.20. The number of rotatable bonds is 4. The van der Waals surface area contributed by atoms with Crippen LogP contribution in [0, 0.1) is 6.92 Å². The van der Waals surface area contributed by atoms with E-state index in [0.717, 1.165) is 37.4 Å². The van der Waals surface area contributed by atoms with Crippen molar-refractivity contribution < 1.29 is 4.79 Å². The number of aryl methyl sites for hydroxylation is 1. The van der Waals surface area contributed by atoms with Crippen LogP contribution in [0.15, 0.2) is 12.4 Å². The van der Waals surface area contributed by atoms with Gasteiger partial charge in [0, 0.05) is 30.9 Å². The molecule has 1 aromatic rings. The summed E-state index contributed by atoms with van der Waals surface area (Å²) in [4.78, 5) is 21.2. The molecule has 1 saturated heterocycles. The van der Waals surface area contributed by atoms with E-state index < -0.39 is 0 Å². The van der Waals surface area contributed by atoms with Gasteiger partial charge in [0.15, 0.2) is 0 Å². The molecule has 0 spiro atoms. The third-order valence-corrected chi connectivity index (χ3v) is 3.12. The van der Waals surface area contributed by atoms with Crippen LogP contribution in [-0.4, -0.2) is 46.5 Å². The molecule has 0 radical (unpaired) electrons. The zero-order valence-electron chi connectivity index (χ0n) is 10.6. The normalized spacial score (nSPS) is 17.6. The van der Waals surface area contributed by atoms with Gasteiger partial charge in [0.25, 0.3) is 0 Å². The minimum Gasteiger partial charge on any atom is -0.369 e. The first-order chi connectivity index (χ1) is 8.63. The molecule has 98 valence electrons. The fourth-order valence-corrected chi connectivity index (χ4v) is 2.20. The molecule has 2 heterocycles. The number of nitrogens with zero attached hydrogens (tertiary/aromatic N) is 3. The molecule has 0 atom stereocenters. The van der Waals surface area contributed by atoms with Crippen molar-refractivity contribution in [2.24, 2.45) is 5.73 Å².